The van der Waals surface area contributed by atoms with Crippen molar-refractivity contribution in [1.82, 2.24) is 10.5 Å². The second kappa shape index (κ2) is 10.7. The third-order valence-corrected chi connectivity index (χ3v) is 6.56. The van der Waals surface area contributed by atoms with E-state index >= 15 is 0 Å². The van der Waals surface area contributed by atoms with Crippen LogP contribution in [0.1, 0.15) is 57.7 Å². The van der Waals surface area contributed by atoms with Crippen LogP contribution in [0.4, 0.5) is 15.8 Å². The molecule has 0 atom stereocenters. The molecule has 1 fully saturated rings. The smallest absolute Gasteiger partial charge is 0.328 e. The van der Waals surface area contributed by atoms with Gasteiger partial charge in [-0.1, -0.05) is 12.1 Å². The molecule has 1 aromatic heterocycles. The lowest BCUT2D eigenvalue weighted by atomic mass is 9.90. The number of piperidine rings is 1. The van der Waals surface area contributed by atoms with E-state index in [0.717, 1.165) is 48.3 Å². The van der Waals surface area contributed by atoms with Crippen LogP contribution in [0.3, 0.4) is 0 Å². The van der Waals surface area contributed by atoms with E-state index in [0.29, 0.717) is 41.0 Å². The van der Waals surface area contributed by atoms with Gasteiger partial charge in [-0.05, 0) is 43.0 Å². The van der Waals surface area contributed by atoms with E-state index in [1.165, 1.54) is 12.1 Å². The molecule has 0 bridgehead atoms. The third-order valence-electron chi connectivity index (χ3n) is 6.56. The maximum absolute atomic E-state index is 13.4. The van der Waals surface area contributed by atoms with Crippen LogP contribution in [0, 0.1) is 5.82 Å². The quantitative estimate of drug-likeness (QED) is 0.220. The number of rotatable bonds is 5. The number of hydrogen-bond donors (Lipinski definition) is 4. The van der Waals surface area contributed by atoms with Gasteiger partial charge in [0.1, 0.15) is 5.82 Å². The summed E-state index contributed by atoms with van der Waals surface area (Å²) in [5.74, 6) is -3.42. The Balaban J connectivity index is 0.000000368. The molecule has 3 heterocycles. The number of aromatic nitrogens is 1. The number of carbonyl (C=O) groups excluding carboxylic acids is 2. The van der Waals surface area contributed by atoms with Crippen molar-refractivity contribution < 1.29 is 38.3 Å². The summed E-state index contributed by atoms with van der Waals surface area (Å²) >= 11 is 0. The molecular weight excluding hydrogens is 499 g/mol. The number of fused-ring (bicyclic) bond motifs is 2. The average Bonchev–Trinajstić information content (AvgIpc) is 3.42. The second-order valence-corrected chi connectivity index (χ2v) is 8.83. The van der Waals surface area contributed by atoms with Crippen LogP contribution in [0.2, 0.25) is 0 Å². The number of benzene rings is 2. The Hall–Kier alpha value is -4.74. The number of nitrogen functional groups attached to an aromatic ring is 1. The topological polar surface area (TPSA) is 176 Å². The normalized spacial score (nSPS) is 15.4. The van der Waals surface area contributed by atoms with E-state index in [9.17, 15) is 23.6 Å². The summed E-state index contributed by atoms with van der Waals surface area (Å²) < 4.78 is 18.7. The summed E-state index contributed by atoms with van der Waals surface area (Å²) in [6.45, 7) is 3.38. The lowest BCUT2D eigenvalue weighted by Gasteiger charge is -2.34. The minimum atomic E-state index is -1.26. The van der Waals surface area contributed by atoms with Crippen molar-refractivity contribution >= 4 is 46.1 Å². The van der Waals surface area contributed by atoms with E-state index in [-0.39, 0.29) is 23.5 Å². The van der Waals surface area contributed by atoms with Crippen LogP contribution in [0.25, 0.3) is 11.0 Å². The molecule has 2 aromatic carbocycles. The summed E-state index contributed by atoms with van der Waals surface area (Å²) in [4.78, 5) is 45.6. The van der Waals surface area contributed by atoms with Gasteiger partial charge in [-0.3, -0.25) is 14.9 Å². The number of nitrogens with one attached hydrogen (secondary N) is 1. The standard InChI is InChI=1S/C22H21FN4O3.C4H4O4/c1-2-13-18-15(21(28)25-22(18)29)10-16(19(13)24)27-7-5-11(6-8-27)20-14-4-3-12(23)9-17(14)30-26-20;5-3(6)1-2-4(7)8/h3-4,9-11H,2,5-8,24H2,1H3,(H,25,28,29);1-2H,(H,5,6)(H,7,8)/b;2-1+. The van der Waals surface area contributed by atoms with Gasteiger partial charge in [0.2, 0.25) is 0 Å². The Labute approximate surface area is 215 Å². The van der Waals surface area contributed by atoms with Crippen molar-refractivity contribution in [2.75, 3.05) is 23.7 Å². The molecule has 2 aliphatic heterocycles. The number of imide groups is 1. The first-order valence-electron chi connectivity index (χ1n) is 11.8. The van der Waals surface area contributed by atoms with Crippen molar-refractivity contribution in [2.24, 2.45) is 0 Å². The Bertz CT molecular complexity index is 1460. The number of anilines is 2. The number of hydrogen-bond acceptors (Lipinski definition) is 8. The highest BCUT2D eigenvalue weighted by molar-refractivity contribution is 6.23. The molecule has 198 valence electrons. The lowest BCUT2D eigenvalue weighted by Crippen LogP contribution is -2.34. The molecule has 2 amide bonds. The Kier molecular flexibility index (Phi) is 7.42. The molecule has 3 aromatic rings. The van der Waals surface area contributed by atoms with Gasteiger partial charge in [0.05, 0.1) is 28.2 Å². The van der Waals surface area contributed by atoms with Crippen LogP contribution in [-0.2, 0) is 16.0 Å². The minimum Gasteiger partial charge on any atom is -0.478 e. The zero-order chi connectivity index (χ0) is 27.6. The minimum absolute atomic E-state index is 0.194. The first-order valence-corrected chi connectivity index (χ1v) is 11.8. The highest BCUT2D eigenvalue weighted by atomic mass is 19.1. The van der Waals surface area contributed by atoms with Gasteiger partial charge in [-0.15, -0.1) is 0 Å². The number of carbonyl (C=O) groups is 4. The third kappa shape index (κ3) is 5.19. The zero-order valence-electron chi connectivity index (χ0n) is 20.4. The predicted octanol–water partition coefficient (Wildman–Crippen LogP) is 3.09. The summed E-state index contributed by atoms with van der Waals surface area (Å²) in [5, 5.41) is 23.0. The van der Waals surface area contributed by atoms with Gasteiger partial charge in [-0.25, -0.2) is 14.0 Å². The molecule has 2 aliphatic rings. The Morgan fingerprint density at radius 2 is 1.82 bits per heavy atom. The average molecular weight is 525 g/mol. The summed E-state index contributed by atoms with van der Waals surface area (Å²) in [5.41, 5.74) is 10.6. The van der Waals surface area contributed by atoms with E-state index in [1.807, 2.05) is 6.92 Å². The van der Waals surface area contributed by atoms with Crippen molar-refractivity contribution in [3.63, 3.8) is 0 Å². The zero-order valence-corrected chi connectivity index (χ0v) is 20.4. The number of carboxylic acids is 2. The van der Waals surface area contributed by atoms with Crippen molar-refractivity contribution in [3.05, 3.63) is 64.6 Å². The van der Waals surface area contributed by atoms with E-state index in [4.69, 9.17) is 20.5 Å². The molecule has 11 nitrogen and oxygen atoms in total. The predicted molar refractivity (Wildman–Crippen MR) is 135 cm³/mol. The molecule has 0 saturated carbocycles. The summed E-state index contributed by atoms with van der Waals surface area (Å²) in [7, 11) is 0. The monoisotopic (exact) mass is 524 g/mol. The lowest BCUT2D eigenvalue weighted by molar-refractivity contribution is -0.134. The molecule has 38 heavy (non-hydrogen) atoms. The Morgan fingerprint density at radius 3 is 2.42 bits per heavy atom. The highest BCUT2D eigenvalue weighted by Gasteiger charge is 2.33. The SMILES string of the molecule is CCc1c(N)c(N2CCC(c3noc4cc(F)ccc34)CC2)cc2c1C(=O)NC2=O.O=C(O)/C=C/C(=O)O. The van der Waals surface area contributed by atoms with E-state index < -0.39 is 11.9 Å². The highest BCUT2D eigenvalue weighted by Crippen LogP contribution is 2.39. The van der Waals surface area contributed by atoms with Gasteiger partial charge in [0, 0.05) is 42.6 Å². The van der Waals surface area contributed by atoms with Crippen molar-refractivity contribution in [1.29, 1.82) is 0 Å². The molecule has 0 radical (unpaired) electrons. The molecule has 0 spiro atoms. The summed E-state index contributed by atoms with van der Waals surface area (Å²) in [6, 6.07) is 6.22. The maximum atomic E-state index is 13.4. The fourth-order valence-corrected chi connectivity index (χ4v) is 4.80. The van der Waals surface area contributed by atoms with Crippen LogP contribution in [-0.4, -0.2) is 52.2 Å². The largest absolute Gasteiger partial charge is 0.478 e. The molecule has 1 saturated heterocycles. The van der Waals surface area contributed by atoms with Gasteiger partial charge in [-0.2, -0.15) is 0 Å². The molecular formula is C26H25FN4O7. The molecule has 12 heteroatoms. The number of carboxylic acid groups (broad SMARTS) is 2. The van der Waals surface area contributed by atoms with E-state index in [1.54, 1.807) is 12.1 Å². The number of aliphatic carboxylic acids is 2. The number of halogens is 1. The van der Waals surface area contributed by atoms with Crippen LogP contribution in [0.5, 0.6) is 0 Å². The number of amides is 2. The number of nitrogens with two attached hydrogens (primary N) is 1. The second-order valence-electron chi connectivity index (χ2n) is 8.83. The molecule has 5 rings (SSSR count). The first-order chi connectivity index (χ1) is 18.1. The van der Waals surface area contributed by atoms with Crippen LogP contribution in [0.15, 0.2) is 40.9 Å². The summed E-state index contributed by atoms with van der Waals surface area (Å²) in [6.07, 6.45) is 3.33. The first kappa shape index (κ1) is 26.3. The van der Waals surface area contributed by atoms with Gasteiger partial charge >= 0.3 is 11.9 Å². The van der Waals surface area contributed by atoms with Crippen molar-refractivity contribution in [2.45, 2.75) is 32.1 Å². The van der Waals surface area contributed by atoms with Crippen LogP contribution >= 0.6 is 0 Å². The van der Waals surface area contributed by atoms with Gasteiger partial charge in [0.15, 0.2) is 5.58 Å². The molecule has 0 aliphatic carbocycles. The van der Waals surface area contributed by atoms with Gasteiger partial charge in [0.25, 0.3) is 11.8 Å². The fourth-order valence-electron chi connectivity index (χ4n) is 4.80. The van der Waals surface area contributed by atoms with Crippen LogP contribution < -0.4 is 16.0 Å². The molecule has 5 N–H and O–H groups in total. The van der Waals surface area contributed by atoms with E-state index in [2.05, 4.69) is 15.4 Å². The fraction of sp³-hybridized carbons (Fsp3) is 0.269. The van der Waals surface area contributed by atoms with Gasteiger partial charge < -0.3 is 25.4 Å². The Morgan fingerprint density at radius 1 is 1.16 bits per heavy atom. The van der Waals surface area contributed by atoms with Crippen molar-refractivity contribution in [3.8, 4) is 0 Å². The number of nitrogens with zero attached hydrogens (tertiary/aromatic N) is 2. The molecule has 0 unspecified atom stereocenters. The maximum Gasteiger partial charge on any atom is 0.328 e.